The van der Waals surface area contributed by atoms with Crippen molar-refractivity contribution in [3.63, 3.8) is 0 Å². The van der Waals surface area contributed by atoms with E-state index in [2.05, 4.69) is 0 Å². The van der Waals surface area contributed by atoms with Crippen molar-refractivity contribution in [3.05, 3.63) is 29.8 Å². The van der Waals surface area contributed by atoms with Gasteiger partial charge in [0.25, 0.3) is 8.41 Å². The van der Waals surface area contributed by atoms with E-state index in [4.69, 9.17) is 0 Å². The molecule has 1 atom stereocenters. The average Bonchev–Trinajstić information content (AvgIpc) is 2.16. The van der Waals surface area contributed by atoms with Gasteiger partial charge < -0.3 is 4.11 Å². The molecular weight excluding hydrogens is 207 g/mol. The summed E-state index contributed by atoms with van der Waals surface area (Å²) in [5.74, 6) is 0. The molecule has 0 aliphatic heterocycles. The van der Waals surface area contributed by atoms with E-state index in [-0.39, 0.29) is 5.04 Å². The quantitative estimate of drug-likeness (QED) is 0.429. The van der Waals surface area contributed by atoms with Crippen LogP contribution in [0.1, 0.15) is 31.1 Å². The van der Waals surface area contributed by atoms with Crippen LogP contribution in [0.5, 0.6) is 0 Å². The lowest BCUT2D eigenvalue weighted by Crippen LogP contribution is -2.48. The van der Waals surface area contributed by atoms with E-state index in [1.807, 2.05) is 20.8 Å². The zero-order chi connectivity index (χ0) is 11.7. The number of hydrogen-bond donors (Lipinski definition) is 0. The van der Waals surface area contributed by atoms with E-state index < -0.39 is 8.41 Å². The molecule has 1 unspecified atom stereocenters. The molecule has 1 aromatic rings. The molecule has 0 amide bonds. The van der Waals surface area contributed by atoms with Gasteiger partial charge >= 0.3 is 0 Å². The first kappa shape index (κ1) is 12.1. The van der Waals surface area contributed by atoms with E-state index >= 15 is 0 Å². The molecule has 3 heteroatoms. The second kappa shape index (κ2) is 3.89. The molecule has 15 heavy (non-hydrogen) atoms. The highest BCUT2D eigenvalue weighted by molar-refractivity contribution is 6.87. The van der Waals surface area contributed by atoms with Gasteiger partial charge in [-0.3, -0.25) is 4.79 Å². The van der Waals surface area contributed by atoms with Crippen LogP contribution in [0.4, 0.5) is 4.11 Å². The van der Waals surface area contributed by atoms with Gasteiger partial charge in [0.05, 0.1) is 0 Å². The third-order valence-electron chi connectivity index (χ3n) is 3.00. The Labute approximate surface area is 91.5 Å². The van der Waals surface area contributed by atoms with Gasteiger partial charge in [-0.25, -0.2) is 0 Å². The number of benzene rings is 1. The summed E-state index contributed by atoms with van der Waals surface area (Å²) in [5, 5.41) is 0.427. The zero-order valence-corrected chi connectivity index (χ0v) is 10.7. The second-order valence-electron chi connectivity index (χ2n) is 4.99. The van der Waals surface area contributed by atoms with Crippen molar-refractivity contribution >= 4 is 19.9 Å². The van der Waals surface area contributed by atoms with Crippen LogP contribution in [0.3, 0.4) is 0 Å². The first-order valence-corrected chi connectivity index (χ1v) is 7.41. The zero-order valence-electron chi connectivity index (χ0n) is 9.67. The van der Waals surface area contributed by atoms with E-state index in [1.54, 1.807) is 30.8 Å². The van der Waals surface area contributed by atoms with Gasteiger partial charge in [-0.15, -0.1) is 0 Å². The van der Waals surface area contributed by atoms with Crippen LogP contribution < -0.4 is 5.19 Å². The third kappa shape index (κ3) is 2.34. The van der Waals surface area contributed by atoms with E-state index in [9.17, 15) is 8.90 Å². The van der Waals surface area contributed by atoms with Crippen molar-refractivity contribution < 1.29 is 8.90 Å². The molecule has 0 heterocycles. The predicted molar refractivity (Wildman–Crippen MR) is 63.9 cm³/mol. The summed E-state index contributed by atoms with van der Waals surface area (Å²) in [6.45, 7) is 7.48. The van der Waals surface area contributed by atoms with Crippen molar-refractivity contribution in [3.8, 4) is 0 Å². The summed E-state index contributed by atoms with van der Waals surface area (Å²) in [6.07, 6.45) is 0.776. The Bertz CT molecular complexity index is 349. The summed E-state index contributed by atoms with van der Waals surface area (Å²) in [4.78, 5) is 10.5. The molecule has 82 valence electrons. The predicted octanol–water partition coefficient (Wildman–Crippen LogP) is 3.05. The van der Waals surface area contributed by atoms with Crippen molar-refractivity contribution in [1.82, 2.24) is 0 Å². The largest absolute Gasteiger partial charge is 0.308 e. The fraction of sp³-hybridized carbons (Fsp3) is 0.417. The van der Waals surface area contributed by atoms with Crippen LogP contribution in [0, 0.1) is 0 Å². The lowest BCUT2D eigenvalue weighted by molar-refractivity contribution is 0.112. The van der Waals surface area contributed by atoms with Crippen molar-refractivity contribution in [2.24, 2.45) is 0 Å². The molecule has 0 saturated heterocycles. The maximum atomic E-state index is 14.6. The van der Waals surface area contributed by atoms with Gasteiger partial charge in [-0.05, 0) is 16.8 Å². The Kier molecular flexibility index (Phi) is 3.14. The average molecular weight is 224 g/mol. The van der Waals surface area contributed by atoms with E-state index in [0.717, 1.165) is 11.5 Å². The Morgan fingerprint density at radius 2 is 1.67 bits per heavy atom. The molecular formula is C12H17FOSi. The van der Waals surface area contributed by atoms with Crippen LogP contribution in [0.25, 0.3) is 0 Å². The second-order valence-corrected chi connectivity index (χ2v) is 9.08. The van der Waals surface area contributed by atoms with Gasteiger partial charge in [0.15, 0.2) is 0 Å². The fourth-order valence-corrected chi connectivity index (χ4v) is 2.97. The third-order valence-corrected chi connectivity index (χ3v) is 7.23. The molecule has 0 spiro atoms. The smallest absolute Gasteiger partial charge is 0.279 e. The summed E-state index contributed by atoms with van der Waals surface area (Å²) in [5.41, 5.74) is 0.595. The molecule has 0 aliphatic rings. The van der Waals surface area contributed by atoms with Crippen LogP contribution >= 0.6 is 0 Å². The van der Waals surface area contributed by atoms with Gasteiger partial charge in [-0.2, -0.15) is 0 Å². The van der Waals surface area contributed by atoms with Crippen molar-refractivity contribution in [1.29, 1.82) is 0 Å². The monoisotopic (exact) mass is 224 g/mol. The highest BCUT2D eigenvalue weighted by Gasteiger charge is 2.43. The minimum Gasteiger partial charge on any atom is -0.308 e. The van der Waals surface area contributed by atoms with Gasteiger partial charge in [0, 0.05) is 5.56 Å². The molecule has 1 aromatic carbocycles. The van der Waals surface area contributed by atoms with E-state index in [1.165, 1.54) is 0 Å². The van der Waals surface area contributed by atoms with Crippen LogP contribution in [0.15, 0.2) is 24.3 Å². The van der Waals surface area contributed by atoms with Gasteiger partial charge in [0.2, 0.25) is 0 Å². The number of hydrogen-bond acceptors (Lipinski definition) is 1. The summed E-state index contributed by atoms with van der Waals surface area (Å²) < 4.78 is 14.6. The number of rotatable bonds is 2. The topological polar surface area (TPSA) is 17.1 Å². The molecule has 1 nitrogen and oxygen atoms in total. The number of carbonyl (C=O) groups excluding carboxylic acids is 1. The highest BCUT2D eigenvalue weighted by Crippen LogP contribution is 2.36. The molecule has 0 aliphatic carbocycles. The lowest BCUT2D eigenvalue weighted by Gasteiger charge is -2.32. The molecule has 0 radical (unpaired) electrons. The molecule has 0 saturated carbocycles. The highest BCUT2D eigenvalue weighted by atomic mass is 28.4. The van der Waals surface area contributed by atoms with Crippen molar-refractivity contribution in [2.45, 2.75) is 32.4 Å². The summed E-state index contributed by atoms with van der Waals surface area (Å²) in [7, 11) is -2.93. The minimum atomic E-state index is -2.93. The SMILES string of the molecule is CC(C)(C)[Si](C)(F)c1ccc(C=O)cc1. The molecule has 0 N–H and O–H groups in total. The number of aldehydes is 1. The van der Waals surface area contributed by atoms with Crippen LogP contribution in [0.2, 0.25) is 11.6 Å². The lowest BCUT2D eigenvalue weighted by atomic mass is 10.2. The Hall–Kier alpha value is -0.963. The Balaban J connectivity index is 3.11. The Morgan fingerprint density at radius 3 is 2.00 bits per heavy atom. The first-order chi connectivity index (χ1) is 6.79. The van der Waals surface area contributed by atoms with Crippen LogP contribution in [-0.2, 0) is 0 Å². The molecule has 0 fully saturated rings. The van der Waals surface area contributed by atoms with Crippen LogP contribution in [-0.4, -0.2) is 14.7 Å². The normalized spacial score (nSPS) is 15.8. The standard InChI is InChI=1S/C12H17FOSi/c1-12(2,3)15(4,13)11-7-5-10(9-14)6-8-11/h5-9H,1-4H3. The maximum absolute atomic E-state index is 14.6. The van der Waals surface area contributed by atoms with Crippen molar-refractivity contribution in [2.75, 3.05) is 0 Å². The maximum Gasteiger partial charge on any atom is 0.279 e. The summed E-state index contributed by atoms with van der Waals surface area (Å²) >= 11 is 0. The van der Waals surface area contributed by atoms with E-state index in [0.29, 0.717) is 5.56 Å². The number of halogens is 1. The minimum absolute atomic E-state index is 0.324. The molecule has 0 bridgehead atoms. The Morgan fingerprint density at radius 1 is 1.20 bits per heavy atom. The number of carbonyl (C=O) groups is 1. The first-order valence-electron chi connectivity index (χ1n) is 5.03. The molecule has 1 rings (SSSR count). The van der Waals surface area contributed by atoms with Gasteiger partial charge in [-0.1, -0.05) is 45.0 Å². The molecule has 0 aromatic heterocycles. The summed E-state index contributed by atoms with van der Waals surface area (Å²) in [6, 6.07) is 6.83. The fourth-order valence-electron chi connectivity index (χ4n) is 1.31. The van der Waals surface area contributed by atoms with Gasteiger partial charge in [0.1, 0.15) is 6.29 Å².